The Morgan fingerprint density at radius 1 is 0.562 bits per heavy atom. The third kappa shape index (κ3) is 7.54. The lowest BCUT2D eigenvalue weighted by molar-refractivity contribution is 0.564. The zero-order valence-corrected chi connectivity index (χ0v) is 17.0. The fourth-order valence-electron chi connectivity index (χ4n) is 2.61. The van der Waals surface area contributed by atoms with Gasteiger partial charge in [-0.2, -0.15) is 20.0 Å². The van der Waals surface area contributed by atoms with Crippen molar-refractivity contribution in [2.24, 2.45) is 20.0 Å². The fraction of sp³-hybridized carbons (Fsp3) is 0.0833. The highest BCUT2D eigenvalue weighted by Crippen LogP contribution is 2.24. The highest BCUT2D eigenvalue weighted by molar-refractivity contribution is 5.61. The van der Waals surface area contributed by atoms with E-state index in [-0.39, 0.29) is 0 Å². The first-order valence-corrected chi connectivity index (χ1v) is 9.19. The van der Waals surface area contributed by atoms with Crippen molar-refractivity contribution in [2.75, 3.05) is 0 Å². The van der Waals surface area contributed by atoms with Crippen molar-refractivity contribution in [1.29, 1.82) is 0 Å². The topological polar surface area (TPSA) is 118 Å². The minimum absolute atomic E-state index is 0.426. The Labute approximate surface area is 183 Å². The van der Waals surface area contributed by atoms with Gasteiger partial charge in [0.15, 0.2) is 0 Å². The zero-order chi connectivity index (χ0) is 23.2. The highest BCUT2D eigenvalue weighted by Gasteiger charge is 1.98. The number of nitrogens with zero attached hydrogens (tertiary/aromatic N) is 4. The van der Waals surface area contributed by atoms with E-state index < -0.39 is 0 Å². The minimum atomic E-state index is 0.426. The van der Waals surface area contributed by atoms with Gasteiger partial charge in [-0.15, -0.1) is 0 Å². The van der Waals surface area contributed by atoms with E-state index in [1.807, 2.05) is 24.3 Å². The van der Waals surface area contributed by atoms with Gasteiger partial charge in [-0.25, -0.2) is 19.2 Å². The van der Waals surface area contributed by atoms with E-state index in [4.69, 9.17) is 0 Å². The van der Waals surface area contributed by atoms with E-state index >= 15 is 0 Å². The Kier molecular flexibility index (Phi) is 9.30. The second-order valence-electron chi connectivity index (χ2n) is 6.29. The Balaban J connectivity index is 0.000000244. The van der Waals surface area contributed by atoms with Gasteiger partial charge in [0.05, 0.1) is 22.7 Å². The third-order valence-electron chi connectivity index (χ3n) is 4.16. The Morgan fingerprint density at radius 3 is 1.41 bits per heavy atom. The molecule has 0 fully saturated rings. The van der Waals surface area contributed by atoms with Crippen LogP contribution in [-0.4, -0.2) is 24.3 Å². The largest absolute Gasteiger partial charge is 0.240 e. The minimum Gasteiger partial charge on any atom is -0.211 e. The molecule has 156 valence electrons. The maximum absolute atomic E-state index is 10.1. The van der Waals surface area contributed by atoms with Crippen LogP contribution in [0.15, 0.2) is 86.7 Å². The van der Waals surface area contributed by atoms with Crippen LogP contribution in [-0.2, 0) is 25.6 Å². The lowest BCUT2D eigenvalue weighted by Crippen LogP contribution is -1.86. The summed E-state index contributed by atoms with van der Waals surface area (Å²) < 4.78 is 0. The Hall–Kier alpha value is -4.82. The summed E-state index contributed by atoms with van der Waals surface area (Å²) in [6.45, 7) is 1.80. The first-order valence-electron chi connectivity index (χ1n) is 9.19. The maximum Gasteiger partial charge on any atom is 0.240 e. The van der Waals surface area contributed by atoms with Gasteiger partial charge in [0, 0.05) is 0 Å². The third-order valence-corrected chi connectivity index (χ3v) is 4.16. The molecule has 0 unspecified atom stereocenters. The molecule has 3 aromatic carbocycles. The molecule has 0 saturated carbocycles. The monoisotopic (exact) mass is 424 g/mol. The number of hydrogen-bond acceptors (Lipinski definition) is 8. The molecule has 0 saturated heterocycles. The maximum atomic E-state index is 10.1. The van der Waals surface area contributed by atoms with Crippen LogP contribution >= 0.6 is 0 Å². The summed E-state index contributed by atoms with van der Waals surface area (Å²) in [6.07, 6.45) is 6.61. The second-order valence-corrected chi connectivity index (χ2v) is 6.29. The van der Waals surface area contributed by atoms with Crippen LogP contribution in [0.3, 0.4) is 0 Å². The van der Waals surface area contributed by atoms with Crippen molar-refractivity contribution in [3.8, 4) is 0 Å². The lowest BCUT2D eigenvalue weighted by atomic mass is 10.0. The van der Waals surface area contributed by atoms with Crippen LogP contribution in [0.4, 0.5) is 22.7 Å². The molecule has 0 spiro atoms. The van der Waals surface area contributed by atoms with Gasteiger partial charge in [0.2, 0.25) is 24.3 Å². The van der Waals surface area contributed by atoms with Crippen molar-refractivity contribution in [3.05, 3.63) is 83.4 Å². The lowest BCUT2D eigenvalue weighted by Gasteiger charge is -2.02. The average molecular weight is 424 g/mol. The Morgan fingerprint density at radius 2 is 0.969 bits per heavy atom. The molecule has 8 nitrogen and oxygen atoms in total. The van der Waals surface area contributed by atoms with E-state index in [1.54, 1.807) is 43.3 Å². The predicted octanol–water partition coefficient (Wildman–Crippen LogP) is 5.14. The van der Waals surface area contributed by atoms with Crippen molar-refractivity contribution >= 4 is 47.1 Å². The van der Waals surface area contributed by atoms with Crippen molar-refractivity contribution in [2.45, 2.75) is 13.3 Å². The number of isocyanates is 4. The number of benzene rings is 3. The molecule has 0 aromatic heterocycles. The molecule has 0 heterocycles. The number of carbonyl (C=O) groups excluding carboxylic acids is 4. The molecular weight excluding hydrogens is 408 g/mol. The summed E-state index contributed by atoms with van der Waals surface area (Å²) in [6, 6.07) is 19.6. The molecule has 0 amide bonds. The number of aliphatic imine (C=N–C) groups is 4. The molecule has 3 rings (SSSR count). The van der Waals surface area contributed by atoms with Gasteiger partial charge in [0.1, 0.15) is 0 Å². The zero-order valence-electron chi connectivity index (χ0n) is 17.0. The summed E-state index contributed by atoms with van der Waals surface area (Å²) in [5.74, 6) is 0. The predicted molar refractivity (Wildman–Crippen MR) is 118 cm³/mol. The molecule has 0 aliphatic rings. The van der Waals surface area contributed by atoms with Gasteiger partial charge in [-0.1, -0.05) is 30.3 Å². The highest BCUT2D eigenvalue weighted by atomic mass is 16.1. The molecule has 0 aliphatic heterocycles. The molecule has 32 heavy (non-hydrogen) atoms. The normalized spacial score (nSPS) is 8.91. The van der Waals surface area contributed by atoms with E-state index in [1.165, 1.54) is 30.4 Å². The van der Waals surface area contributed by atoms with E-state index in [2.05, 4.69) is 20.0 Å². The van der Waals surface area contributed by atoms with Crippen molar-refractivity contribution in [1.82, 2.24) is 0 Å². The Bertz CT molecular complexity index is 1200. The first kappa shape index (κ1) is 23.5. The second kappa shape index (κ2) is 12.7. The first-order chi connectivity index (χ1) is 15.6. The molecule has 8 heteroatoms. The molecule has 0 bridgehead atoms. The molecule has 0 N–H and O–H groups in total. The molecule has 0 atom stereocenters. The van der Waals surface area contributed by atoms with Gasteiger partial charge in [-0.3, -0.25) is 0 Å². The van der Waals surface area contributed by atoms with Crippen molar-refractivity contribution in [3.63, 3.8) is 0 Å². The fourth-order valence-corrected chi connectivity index (χ4v) is 2.61. The van der Waals surface area contributed by atoms with Crippen LogP contribution in [0.1, 0.15) is 16.7 Å². The van der Waals surface area contributed by atoms with Crippen LogP contribution in [0.5, 0.6) is 0 Å². The van der Waals surface area contributed by atoms with Gasteiger partial charge < -0.3 is 0 Å². The standard InChI is InChI=1S/C15H10N2O2.C9H6N2O2/c18-10-16-14-5-1-12(2-6-14)9-13-3-7-15(8-4-13)17-11-19;1-7-2-3-8(10-5-12)4-9(7)11-6-13/h1-8H,9H2;2-4H,1H3. The summed E-state index contributed by atoms with van der Waals surface area (Å²) in [4.78, 5) is 54.1. The van der Waals surface area contributed by atoms with E-state index in [0.717, 1.165) is 23.1 Å². The summed E-state index contributed by atoms with van der Waals surface area (Å²) in [7, 11) is 0. The quantitative estimate of drug-likeness (QED) is 0.402. The molecule has 0 aliphatic carbocycles. The summed E-state index contributed by atoms with van der Waals surface area (Å²) in [5, 5.41) is 0. The summed E-state index contributed by atoms with van der Waals surface area (Å²) in [5.41, 5.74) is 5.12. The average Bonchev–Trinajstić information content (AvgIpc) is 2.80. The molecule has 0 radical (unpaired) electrons. The number of aryl methyl sites for hydroxylation is 1. The van der Waals surface area contributed by atoms with Crippen LogP contribution in [0.25, 0.3) is 0 Å². The molecular formula is C24H16N4O4. The van der Waals surface area contributed by atoms with Crippen LogP contribution in [0.2, 0.25) is 0 Å². The molecule has 3 aromatic rings. The van der Waals surface area contributed by atoms with E-state index in [9.17, 15) is 19.2 Å². The van der Waals surface area contributed by atoms with Crippen LogP contribution < -0.4 is 0 Å². The van der Waals surface area contributed by atoms with E-state index in [0.29, 0.717) is 22.7 Å². The smallest absolute Gasteiger partial charge is 0.211 e. The SMILES string of the molecule is Cc1ccc(N=C=O)cc1N=C=O.O=C=Nc1ccc(Cc2ccc(N=C=O)cc2)cc1. The summed E-state index contributed by atoms with van der Waals surface area (Å²) >= 11 is 0. The van der Waals surface area contributed by atoms with Gasteiger partial charge >= 0.3 is 0 Å². The number of rotatable bonds is 6. The van der Waals surface area contributed by atoms with Gasteiger partial charge in [-0.05, 0) is 66.4 Å². The van der Waals surface area contributed by atoms with Crippen LogP contribution in [0, 0.1) is 6.92 Å². The van der Waals surface area contributed by atoms with Gasteiger partial charge in [0.25, 0.3) is 0 Å². The number of hydrogen-bond donors (Lipinski definition) is 0. The van der Waals surface area contributed by atoms with Crippen molar-refractivity contribution < 1.29 is 19.2 Å².